The molecule has 61 heavy (non-hydrogen) atoms. The van der Waals surface area contributed by atoms with Gasteiger partial charge in [0.1, 0.15) is 13.2 Å². The Kier molecular flexibility index (Phi) is 47.4. The molecule has 0 rings (SSSR count). The summed E-state index contributed by atoms with van der Waals surface area (Å²) in [5.74, 6) is -0.881. The minimum absolute atomic E-state index is 0.0730. The molecular formula is C55H96O6. The summed E-state index contributed by atoms with van der Waals surface area (Å²) < 4.78 is 16.7. The van der Waals surface area contributed by atoms with Gasteiger partial charge in [0.05, 0.1) is 0 Å². The van der Waals surface area contributed by atoms with Gasteiger partial charge in [-0.2, -0.15) is 0 Å². The molecule has 0 aromatic carbocycles. The Morgan fingerprint density at radius 3 is 1.00 bits per heavy atom. The van der Waals surface area contributed by atoms with Crippen LogP contribution in [0.3, 0.4) is 0 Å². The van der Waals surface area contributed by atoms with Crippen LogP contribution in [0.1, 0.15) is 252 Å². The van der Waals surface area contributed by atoms with Crippen molar-refractivity contribution in [2.24, 2.45) is 0 Å². The highest BCUT2D eigenvalue weighted by Crippen LogP contribution is 2.15. The molecule has 1 unspecified atom stereocenters. The fourth-order valence-electron chi connectivity index (χ4n) is 7.17. The first-order valence-electron chi connectivity index (χ1n) is 25.8. The standard InChI is InChI=1S/C55H96O6/c1-4-7-10-13-16-19-20-21-22-23-24-25-26-27-28-29-30-31-32-33-34-37-39-42-45-48-54(57)60-51-52(61-55(58)49-46-43-40-36-18-15-12-9-6-3)50-59-53(56)47-44-41-38-35-17-14-11-8-5-2/h7,10,16,19,21-22,24-25,27-28,52H,4-6,8-9,11-15,17-18,20,23,26,29-51H2,1-3H3/b10-7-,19-16-,22-21-,25-24-,28-27-. The zero-order chi connectivity index (χ0) is 44.4. The average molecular weight is 853 g/mol. The predicted octanol–water partition coefficient (Wildman–Crippen LogP) is 16.9. The summed E-state index contributed by atoms with van der Waals surface area (Å²) in [6.07, 6.45) is 60.8. The Bertz CT molecular complexity index is 1120. The number of allylic oxidation sites excluding steroid dienone is 10. The fourth-order valence-corrected chi connectivity index (χ4v) is 7.17. The van der Waals surface area contributed by atoms with Gasteiger partial charge in [0.15, 0.2) is 6.10 Å². The predicted molar refractivity (Wildman–Crippen MR) is 261 cm³/mol. The van der Waals surface area contributed by atoms with Crippen molar-refractivity contribution >= 4 is 17.9 Å². The molecule has 6 nitrogen and oxygen atoms in total. The van der Waals surface area contributed by atoms with Crippen molar-refractivity contribution in [3.63, 3.8) is 0 Å². The Labute approximate surface area is 377 Å². The lowest BCUT2D eigenvalue weighted by Gasteiger charge is -2.18. The van der Waals surface area contributed by atoms with Crippen molar-refractivity contribution in [3.8, 4) is 0 Å². The molecule has 0 bridgehead atoms. The van der Waals surface area contributed by atoms with Crippen LogP contribution < -0.4 is 0 Å². The van der Waals surface area contributed by atoms with E-state index in [1.165, 1.54) is 116 Å². The van der Waals surface area contributed by atoms with Crippen LogP contribution in [-0.4, -0.2) is 37.2 Å². The summed E-state index contributed by atoms with van der Waals surface area (Å²) in [5.41, 5.74) is 0. The number of rotatable bonds is 46. The molecule has 0 aromatic rings. The third kappa shape index (κ3) is 48.0. The number of hydrogen-bond donors (Lipinski definition) is 0. The molecule has 0 aliphatic rings. The first-order valence-corrected chi connectivity index (χ1v) is 25.8. The molecule has 1 atom stereocenters. The van der Waals surface area contributed by atoms with Crippen molar-refractivity contribution < 1.29 is 28.6 Å². The lowest BCUT2D eigenvalue weighted by Crippen LogP contribution is -2.30. The molecule has 352 valence electrons. The van der Waals surface area contributed by atoms with Gasteiger partial charge in [-0.25, -0.2) is 0 Å². The van der Waals surface area contributed by atoms with Crippen molar-refractivity contribution in [2.45, 2.75) is 258 Å². The first-order chi connectivity index (χ1) is 30.0. The van der Waals surface area contributed by atoms with E-state index in [0.29, 0.717) is 19.3 Å². The van der Waals surface area contributed by atoms with Crippen LogP contribution in [-0.2, 0) is 28.6 Å². The maximum absolute atomic E-state index is 12.7. The van der Waals surface area contributed by atoms with E-state index in [2.05, 4.69) is 81.5 Å². The summed E-state index contributed by atoms with van der Waals surface area (Å²) >= 11 is 0. The van der Waals surface area contributed by atoms with Crippen molar-refractivity contribution in [3.05, 3.63) is 60.8 Å². The molecule has 0 amide bonds. The van der Waals surface area contributed by atoms with Gasteiger partial charge < -0.3 is 14.2 Å². The monoisotopic (exact) mass is 853 g/mol. The number of carbonyl (C=O) groups excluding carboxylic acids is 3. The maximum atomic E-state index is 12.7. The van der Waals surface area contributed by atoms with Gasteiger partial charge in [-0.15, -0.1) is 0 Å². The molecule has 6 heteroatoms. The number of ether oxygens (including phenoxy) is 3. The van der Waals surface area contributed by atoms with Crippen molar-refractivity contribution in [1.29, 1.82) is 0 Å². The SMILES string of the molecule is CC/C=C\C/C=C\C/C=C\C/C=C\C/C=C\CCCCCCCCCCCC(=O)OCC(COC(=O)CCCCCCCCCCC)OC(=O)CCCCCCCCCCC. The number of esters is 3. The zero-order valence-electron chi connectivity index (χ0n) is 40.2. The van der Waals surface area contributed by atoms with Crippen LogP contribution >= 0.6 is 0 Å². The second-order valence-corrected chi connectivity index (χ2v) is 17.1. The third-order valence-corrected chi connectivity index (χ3v) is 11.0. The summed E-state index contributed by atoms with van der Waals surface area (Å²) in [5, 5.41) is 0. The average Bonchev–Trinajstić information content (AvgIpc) is 3.26. The topological polar surface area (TPSA) is 78.9 Å². The minimum Gasteiger partial charge on any atom is -0.462 e. The van der Waals surface area contributed by atoms with Crippen molar-refractivity contribution in [2.75, 3.05) is 13.2 Å². The quantitative estimate of drug-likeness (QED) is 0.0263. The first kappa shape index (κ1) is 58.1. The molecule has 0 spiro atoms. The number of carbonyl (C=O) groups is 3. The Morgan fingerprint density at radius 2 is 0.639 bits per heavy atom. The highest BCUT2D eigenvalue weighted by atomic mass is 16.6. The molecule has 0 aliphatic heterocycles. The molecule has 0 fully saturated rings. The van der Waals surface area contributed by atoms with E-state index < -0.39 is 6.10 Å². The Balaban J connectivity index is 4.16. The van der Waals surface area contributed by atoms with Crippen LogP contribution in [0, 0.1) is 0 Å². The molecule has 0 N–H and O–H groups in total. The molecule has 0 radical (unpaired) electrons. The Hall–Kier alpha value is -2.89. The second-order valence-electron chi connectivity index (χ2n) is 17.1. The minimum atomic E-state index is -0.769. The van der Waals surface area contributed by atoms with Gasteiger partial charge in [-0.05, 0) is 64.2 Å². The molecule has 0 heterocycles. The van der Waals surface area contributed by atoms with Crippen LogP contribution in [0.5, 0.6) is 0 Å². The van der Waals surface area contributed by atoms with Crippen LogP contribution in [0.25, 0.3) is 0 Å². The maximum Gasteiger partial charge on any atom is 0.306 e. The van der Waals surface area contributed by atoms with E-state index in [9.17, 15) is 14.4 Å². The van der Waals surface area contributed by atoms with Gasteiger partial charge in [0, 0.05) is 19.3 Å². The summed E-state index contributed by atoms with van der Waals surface area (Å²) in [4.78, 5) is 37.7. The highest BCUT2D eigenvalue weighted by Gasteiger charge is 2.19. The summed E-state index contributed by atoms with van der Waals surface area (Å²) in [6, 6.07) is 0. The van der Waals surface area contributed by atoms with Gasteiger partial charge in [0.2, 0.25) is 0 Å². The smallest absolute Gasteiger partial charge is 0.306 e. The molecule has 0 aliphatic carbocycles. The van der Waals surface area contributed by atoms with E-state index >= 15 is 0 Å². The number of hydrogen-bond acceptors (Lipinski definition) is 6. The van der Waals surface area contributed by atoms with E-state index in [0.717, 1.165) is 96.3 Å². The largest absolute Gasteiger partial charge is 0.462 e. The number of unbranched alkanes of at least 4 members (excludes halogenated alkanes) is 25. The van der Waals surface area contributed by atoms with E-state index in [1.54, 1.807) is 0 Å². The zero-order valence-corrected chi connectivity index (χ0v) is 40.2. The molecule has 0 saturated heterocycles. The normalized spacial score (nSPS) is 12.5. The van der Waals surface area contributed by atoms with E-state index in [4.69, 9.17) is 14.2 Å². The van der Waals surface area contributed by atoms with Gasteiger partial charge in [0.25, 0.3) is 0 Å². The molecule has 0 aromatic heterocycles. The fraction of sp³-hybridized carbons (Fsp3) is 0.764. The van der Waals surface area contributed by atoms with Crippen LogP contribution in [0.15, 0.2) is 60.8 Å². The van der Waals surface area contributed by atoms with Gasteiger partial charge in [-0.3, -0.25) is 14.4 Å². The Morgan fingerprint density at radius 1 is 0.344 bits per heavy atom. The molecule has 0 saturated carbocycles. The van der Waals surface area contributed by atoms with Gasteiger partial charge in [-0.1, -0.05) is 229 Å². The van der Waals surface area contributed by atoms with E-state index in [-0.39, 0.29) is 31.1 Å². The van der Waals surface area contributed by atoms with Crippen LogP contribution in [0.2, 0.25) is 0 Å². The molecular weight excluding hydrogens is 757 g/mol. The summed E-state index contributed by atoms with van der Waals surface area (Å²) in [6.45, 7) is 6.48. The van der Waals surface area contributed by atoms with Crippen LogP contribution in [0.4, 0.5) is 0 Å². The van der Waals surface area contributed by atoms with Gasteiger partial charge >= 0.3 is 17.9 Å². The highest BCUT2D eigenvalue weighted by molar-refractivity contribution is 5.71. The second kappa shape index (κ2) is 49.8. The third-order valence-electron chi connectivity index (χ3n) is 11.0. The summed E-state index contributed by atoms with van der Waals surface area (Å²) in [7, 11) is 0. The lowest BCUT2D eigenvalue weighted by atomic mass is 10.1. The van der Waals surface area contributed by atoms with Crippen molar-refractivity contribution in [1.82, 2.24) is 0 Å². The van der Waals surface area contributed by atoms with E-state index in [1.807, 2.05) is 0 Å². The lowest BCUT2D eigenvalue weighted by molar-refractivity contribution is -0.167.